The number of nitriles is 1. The van der Waals surface area contributed by atoms with Crippen LogP contribution in [0.3, 0.4) is 0 Å². The number of aliphatic carboxylic acids is 1. The minimum absolute atomic E-state index is 0.0364. The molecule has 0 aromatic carbocycles. The van der Waals surface area contributed by atoms with E-state index >= 15 is 0 Å². The molecular formula is C21H35NO2. The molecule has 2 fully saturated rings. The van der Waals surface area contributed by atoms with Crippen molar-refractivity contribution in [2.75, 3.05) is 0 Å². The van der Waals surface area contributed by atoms with Gasteiger partial charge in [0.2, 0.25) is 0 Å². The van der Waals surface area contributed by atoms with Crippen LogP contribution in [-0.4, -0.2) is 11.1 Å². The zero-order chi connectivity index (χ0) is 17.6. The van der Waals surface area contributed by atoms with E-state index in [-0.39, 0.29) is 12.3 Å². The van der Waals surface area contributed by atoms with Crippen molar-refractivity contribution in [1.29, 1.82) is 5.26 Å². The summed E-state index contributed by atoms with van der Waals surface area (Å²) in [6, 6.07) is 2.51. The number of hydrogen-bond acceptors (Lipinski definition) is 2. The van der Waals surface area contributed by atoms with Gasteiger partial charge in [0.25, 0.3) is 0 Å². The lowest BCUT2D eigenvalue weighted by Crippen LogP contribution is -2.36. The molecule has 2 aliphatic rings. The third kappa shape index (κ3) is 4.74. The lowest BCUT2D eigenvalue weighted by molar-refractivity contribution is -0.139. The van der Waals surface area contributed by atoms with Crippen LogP contribution in [0, 0.1) is 40.4 Å². The molecule has 1 atom stereocenters. The van der Waals surface area contributed by atoms with Crippen molar-refractivity contribution in [3.05, 3.63) is 0 Å². The normalized spacial score (nSPS) is 35.1. The number of carboxylic acids is 1. The first-order chi connectivity index (χ1) is 11.5. The molecule has 3 heteroatoms. The maximum absolute atomic E-state index is 11.0. The minimum atomic E-state index is -0.773. The SMILES string of the molecule is CCCCC1CCC([C@H]2CC[C@](C#N)([C@@H](C)CC(=O)O)CC2)CC1. The van der Waals surface area contributed by atoms with E-state index in [4.69, 9.17) is 5.11 Å². The monoisotopic (exact) mass is 333 g/mol. The van der Waals surface area contributed by atoms with E-state index < -0.39 is 11.4 Å². The zero-order valence-corrected chi connectivity index (χ0v) is 15.6. The first-order valence-corrected chi connectivity index (χ1v) is 10.1. The summed E-state index contributed by atoms with van der Waals surface area (Å²) in [5, 5.41) is 18.8. The molecule has 3 nitrogen and oxygen atoms in total. The third-order valence-corrected chi connectivity index (χ3v) is 7.09. The predicted octanol–water partition coefficient (Wildman–Crippen LogP) is 5.79. The number of hydrogen-bond donors (Lipinski definition) is 1. The van der Waals surface area contributed by atoms with Gasteiger partial charge in [-0.15, -0.1) is 0 Å². The van der Waals surface area contributed by atoms with Gasteiger partial charge in [0.1, 0.15) is 0 Å². The second-order valence-corrected chi connectivity index (χ2v) is 8.53. The fourth-order valence-corrected chi connectivity index (χ4v) is 5.24. The van der Waals surface area contributed by atoms with Crippen LogP contribution in [0.15, 0.2) is 0 Å². The fraction of sp³-hybridized carbons (Fsp3) is 0.905. The summed E-state index contributed by atoms with van der Waals surface area (Å²) in [5.41, 5.74) is -0.396. The van der Waals surface area contributed by atoms with Gasteiger partial charge in [-0.05, 0) is 62.2 Å². The van der Waals surface area contributed by atoms with Crippen LogP contribution < -0.4 is 0 Å². The Kier molecular flexibility index (Phi) is 7.14. The summed E-state index contributed by atoms with van der Waals surface area (Å²) >= 11 is 0. The number of carboxylic acid groups (broad SMARTS) is 1. The molecule has 0 spiro atoms. The molecule has 2 saturated carbocycles. The van der Waals surface area contributed by atoms with Crippen molar-refractivity contribution in [2.45, 2.75) is 90.9 Å². The Morgan fingerprint density at radius 2 is 1.75 bits per heavy atom. The van der Waals surface area contributed by atoms with E-state index in [9.17, 15) is 10.1 Å². The van der Waals surface area contributed by atoms with Gasteiger partial charge in [0, 0.05) is 6.42 Å². The largest absolute Gasteiger partial charge is 0.481 e. The smallest absolute Gasteiger partial charge is 0.303 e. The third-order valence-electron chi connectivity index (χ3n) is 7.09. The quantitative estimate of drug-likeness (QED) is 0.641. The molecule has 0 saturated heterocycles. The van der Waals surface area contributed by atoms with E-state index in [1.54, 1.807) is 0 Å². The maximum Gasteiger partial charge on any atom is 0.303 e. The number of rotatable bonds is 7. The summed E-state index contributed by atoms with van der Waals surface area (Å²) < 4.78 is 0. The first-order valence-electron chi connectivity index (χ1n) is 10.1. The Balaban J connectivity index is 1.82. The van der Waals surface area contributed by atoms with Crippen molar-refractivity contribution in [3.63, 3.8) is 0 Å². The van der Waals surface area contributed by atoms with Gasteiger partial charge < -0.3 is 5.11 Å². The van der Waals surface area contributed by atoms with Gasteiger partial charge in [0.15, 0.2) is 0 Å². The van der Waals surface area contributed by atoms with Gasteiger partial charge in [-0.1, -0.05) is 46.0 Å². The van der Waals surface area contributed by atoms with E-state index in [0.29, 0.717) is 0 Å². The van der Waals surface area contributed by atoms with Crippen molar-refractivity contribution in [2.24, 2.45) is 29.1 Å². The van der Waals surface area contributed by atoms with Crippen LogP contribution in [0.1, 0.15) is 90.9 Å². The van der Waals surface area contributed by atoms with Crippen molar-refractivity contribution in [1.82, 2.24) is 0 Å². The van der Waals surface area contributed by atoms with E-state index in [2.05, 4.69) is 13.0 Å². The van der Waals surface area contributed by atoms with Crippen molar-refractivity contribution >= 4 is 5.97 Å². The Morgan fingerprint density at radius 1 is 1.17 bits per heavy atom. The molecule has 2 rings (SSSR count). The van der Waals surface area contributed by atoms with E-state index in [0.717, 1.165) is 43.4 Å². The molecule has 0 radical (unpaired) electrons. The molecule has 0 amide bonds. The van der Waals surface area contributed by atoms with Crippen LogP contribution in [-0.2, 0) is 4.79 Å². The van der Waals surface area contributed by atoms with Crippen LogP contribution in [0.2, 0.25) is 0 Å². The summed E-state index contributed by atoms with van der Waals surface area (Å²) in [4.78, 5) is 11.0. The van der Waals surface area contributed by atoms with Crippen molar-refractivity contribution in [3.8, 4) is 6.07 Å². The summed E-state index contributed by atoms with van der Waals surface area (Å²) in [5.74, 6) is 1.78. The van der Waals surface area contributed by atoms with Gasteiger partial charge in [-0.2, -0.15) is 5.26 Å². The highest BCUT2D eigenvalue weighted by atomic mass is 16.4. The fourth-order valence-electron chi connectivity index (χ4n) is 5.24. The Bertz CT molecular complexity index is 437. The van der Waals surface area contributed by atoms with Crippen LogP contribution >= 0.6 is 0 Å². The molecule has 136 valence electrons. The molecule has 2 aliphatic carbocycles. The molecular weight excluding hydrogens is 298 g/mol. The second-order valence-electron chi connectivity index (χ2n) is 8.53. The zero-order valence-electron chi connectivity index (χ0n) is 15.6. The molecule has 1 N–H and O–H groups in total. The Morgan fingerprint density at radius 3 is 2.25 bits per heavy atom. The Labute approximate surface area is 147 Å². The summed E-state index contributed by atoms with van der Waals surface area (Å²) in [6.07, 6.45) is 13.9. The van der Waals surface area contributed by atoms with Crippen molar-refractivity contribution < 1.29 is 9.90 Å². The minimum Gasteiger partial charge on any atom is -0.481 e. The van der Waals surface area contributed by atoms with Gasteiger partial charge in [-0.25, -0.2) is 0 Å². The molecule has 0 aromatic heterocycles. The molecule has 0 aliphatic heterocycles. The van der Waals surface area contributed by atoms with Gasteiger partial charge in [-0.3, -0.25) is 4.79 Å². The van der Waals surface area contributed by atoms with Crippen LogP contribution in [0.5, 0.6) is 0 Å². The highest BCUT2D eigenvalue weighted by Gasteiger charge is 2.42. The summed E-state index contributed by atoms with van der Waals surface area (Å²) in [7, 11) is 0. The van der Waals surface area contributed by atoms with Gasteiger partial charge in [0.05, 0.1) is 11.5 Å². The highest BCUT2D eigenvalue weighted by Crippen LogP contribution is 2.49. The van der Waals surface area contributed by atoms with Gasteiger partial charge >= 0.3 is 5.97 Å². The molecule has 0 unspecified atom stereocenters. The topological polar surface area (TPSA) is 61.1 Å². The second kappa shape index (κ2) is 8.88. The maximum atomic E-state index is 11.0. The lowest BCUT2D eigenvalue weighted by Gasteiger charge is -2.43. The highest BCUT2D eigenvalue weighted by molar-refractivity contribution is 5.67. The number of carbonyl (C=O) groups is 1. The lowest BCUT2D eigenvalue weighted by atomic mass is 9.60. The van der Waals surface area contributed by atoms with Crippen LogP contribution in [0.4, 0.5) is 0 Å². The summed E-state index contributed by atoms with van der Waals surface area (Å²) in [6.45, 7) is 4.23. The van der Waals surface area contributed by atoms with E-state index in [1.165, 1.54) is 44.9 Å². The molecule has 0 heterocycles. The van der Waals surface area contributed by atoms with Crippen LogP contribution in [0.25, 0.3) is 0 Å². The Hall–Kier alpha value is -1.04. The molecule has 24 heavy (non-hydrogen) atoms. The molecule has 0 bridgehead atoms. The average Bonchev–Trinajstić information content (AvgIpc) is 2.60. The van der Waals surface area contributed by atoms with E-state index in [1.807, 2.05) is 6.92 Å². The number of unbranched alkanes of at least 4 members (excludes halogenated alkanes) is 1. The average molecular weight is 334 g/mol. The standard InChI is InChI=1S/C21H35NO2/c1-3-4-5-17-6-8-18(9-7-17)19-10-12-21(15-22,13-11-19)16(2)14-20(23)24/h16-19H,3-14H2,1-2H3,(H,23,24)/t16-,17?,18?,19-,21-/m0/s1. The molecule has 0 aromatic rings. The number of nitrogens with zero attached hydrogens (tertiary/aromatic N) is 1. The first kappa shape index (κ1) is 19.3. The predicted molar refractivity (Wildman–Crippen MR) is 96.4 cm³/mol.